The summed E-state index contributed by atoms with van der Waals surface area (Å²) in [5.74, 6) is 1.06. The fraction of sp³-hybridized carbons (Fsp3) is 0.333. The number of nitrogens with zero attached hydrogens (tertiary/aromatic N) is 3. The highest BCUT2D eigenvalue weighted by Crippen LogP contribution is 2.34. The van der Waals surface area contributed by atoms with Gasteiger partial charge in [-0.15, -0.1) is 0 Å². The quantitative estimate of drug-likeness (QED) is 0.721. The maximum Gasteiger partial charge on any atom is 0.259 e. The largest absolute Gasteiger partial charge is 0.355 e. The van der Waals surface area contributed by atoms with Gasteiger partial charge in [0.15, 0.2) is 5.17 Å². The van der Waals surface area contributed by atoms with Crippen molar-refractivity contribution in [1.82, 2.24) is 10.2 Å². The predicted molar refractivity (Wildman–Crippen MR) is 126 cm³/mol. The van der Waals surface area contributed by atoms with E-state index in [-0.39, 0.29) is 17.6 Å². The van der Waals surface area contributed by atoms with Crippen LogP contribution < -0.4 is 5.32 Å². The summed E-state index contributed by atoms with van der Waals surface area (Å²) < 4.78 is 0. The maximum atomic E-state index is 13.1. The predicted octanol–water partition coefficient (Wildman–Crippen LogP) is 3.78. The number of hydrogen-bond donors (Lipinski definition) is 1. The summed E-state index contributed by atoms with van der Waals surface area (Å²) >= 11 is 1.28. The molecule has 1 atom stereocenters. The lowest BCUT2D eigenvalue weighted by atomic mass is 10.0. The molecule has 0 unspecified atom stereocenters. The van der Waals surface area contributed by atoms with Crippen LogP contribution in [0.2, 0.25) is 0 Å². The lowest BCUT2D eigenvalue weighted by Gasteiger charge is -2.25. The number of thioether (sulfide) groups is 1. The molecule has 2 aromatic carbocycles. The number of carbonyl (C=O) groups excluding carboxylic acids is 2. The lowest BCUT2D eigenvalue weighted by Crippen LogP contribution is -2.42. The monoisotopic (exact) mass is 434 g/mol. The molecule has 1 N–H and O–H groups in total. The summed E-state index contributed by atoms with van der Waals surface area (Å²) in [5.41, 5.74) is 2.82. The lowest BCUT2D eigenvalue weighted by molar-refractivity contribution is -0.125. The first-order chi connectivity index (χ1) is 15.0. The van der Waals surface area contributed by atoms with E-state index in [0.29, 0.717) is 29.9 Å². The Morgan fingerprint density at radius 1 is 1.13 bits per heavy atom. The van der Waals surface area contributed by atoms with Crippen molar-refractivity contribution in [2.45, 2.75) is 32.7 Å². The minimum atomic E-state index is -0.397. The minimum Gasteiger partial charge on any atom is -0.355 e. The van der Waals surface area contributed by atoms with Gasteiger partial charge in [-0.1, -0.05) is 68.1 Å². The Bertz CT molecular complexity index is 1030. The third-order valence-electron chi connectivity index (χ3n) is 5.15. The topological polar surface area (TPSA) is 74.1 Å². The van der Waals surface area contributed by atoms with E-state index in [0.717, 1.165) is 17.7 Å². The van der Waals surface area contributed by atoms with Gasteiger partial charge in [-0.25, -0.2) is 9.89 Å². The second-order valence-corrected chi connectivity index (χ2v) is 9.00. The Hall–Kier alpha value is -2.93. The third-order valence-corrected chi connectivity index (χ3v) is 6.09. The number of hydrogen-bond acceptors (Lipinski definition) is 5. The van der Waals surface area contributed by atoms with Crippen LogP contribution in [-0.2, 0) is 16.0 Å². The van der Waals surface area contributed by atoms with Crippen molar-refractivity contribution in [2.75, 3.05) is 12.3 Å². The molecule has 2 aromatic rings. The van der Waals surface area contributed by atoms with E-state index in [1.54, 1.807) is 4.90 Å². The first-order valence-electron chi connectivity index (χ1n) is 10.6. The van der Waals surface area contributed by atoms with Crippen molar-refractivity contribution >= 4 is 40.3 Å². The molecule has 2 heterocycles. The van der Waals surface area contributed by atoms with Gasteiger partial charge in [0.1, 0.15) is 11.9 Å². The number of para-hydroxylation sites is 1. The molecule has 0 bridgehead atoms. The third kappa shape index (κ3) is 4.88. The van der Waals surface area contributed by atoms with Crippen LogP contribution in [0.5, 0.6) is 0 Å². The van der Waals surface area contributed by atoms with Crippen LogP contribution >= 0.6 is 11.8 Å². The summed E-state index contributed by atoms with van der Waals surface area (Å²) in [6, 6.07) is 17.3. The van der Waals surface area contributed by atoms with Crippen molar-refractivity contribution in [1.29, 1.82) is 0 Å². The molecule has 0 saturated carbocycles. The van der Waals surface area contributed by atoms with Crippen LogP contribution in [0.1, 0.15) is 31.4 Å². The fourth-order valence-corrected chi connectivity index (χ4v) is 4.50. The summed E-state index contributed by atoms with van der Waals surface area (Å²) in [5, 5.41) is 3.47. The van der Waals surface area contributed by atoms with Crippen molar-refractivity contribution in [3.8, 4) is 0 Å². The minimum absolute atomic E-state index is 0.0612. The van der Waals surface area contributed by atoms with E-state index in [2.05, 4.69) is 24.2 Å². The van der Waals surface area contributed by atoms with Gasteiger partial charge in [-0.05, 0) is 36.5 Å². The van der Waals surface area contributed by atoms with Crippen LogP contribution in [0.3, 0.4) is 0 Å². The number of benzene rings is 2. The van der Waals surface area contributed by atoms with Crippen LogP contribution in [0.15, 0.2) is 64.6 Å². The van der Waals surface area contributed by atoms with E-state index in [1.807, 2.05) is 54.6 Å². The highest BCUT2D eigenvalue weighted by molar-refractivity contribution is 8.14. The van der Waals surface area contributed by atoms with Gasteiger partial charge >= 0.3 is 0 Å². The van der Waals surface area contributed by atoms with Gasteiger partial charge in [0.25, 0.3) is 5.91 Å². The van der Waals surface area contributed by atoms with Gasteiger partial charge in [-0.2, -0.15) is 0 Å². The number of aliphatic imine (C=N–C) groups is 2. The maximum absolute atomic E-state index is 13.1. The van der Waals surface area contributed by atoms with Crippen LogP contribution in [0.25, 0.3) is 0 Å². The molecule has 31 heavy (non-hydrogen) atoms. The average Bonchev–Trinajstić information content (AvgIpc) is 3.09. The van der Waals surface area contributed by atoms with Crippen LogP contribution in [0.4, 0.5) is 5.69 Å². The Balaban J connectivity index is 1.43. The number of rotatable bonds is 7. The summed E-state index contributed by atoms with van der Waals surface area (Å²) in [6.07, 6.45) is 1.47. The molecule has 160 valence electrons. The van der Waals surface area contributed by atoms with Crippen molar-refractivity contribution in [2.24, 2.45) is 15.9 Å². The van der Waals surface area contributed by atoms with Gasteiger partial charge < -0.3 is 5.32 Å². The Morgan fingerprint density at radius 2 is 1.87 bits per heavy atom. The second kappa shape index (κ2) is 9.47. The zero-order chi connectivity index (χ0) is 21.8. The average molecular weight is 435 g/mol. The number of nitrogens with one attached hydrogen (secondary N) is 1. The normalized spacial score (nSPS) is 17.2. The van der Waals surface area contributed by atoms with Crippen molar-refractivity contribution in [3.05, 3.63) is 65.7 Å². The number of fused-ring (bicyclic) bond motifs is 3. The van der Waals surface area contributed by atoms with E-state index in [1.165, 1.54) is 17.3 Å². The molecular weight excluding hydrogens is 408 g/mol. The summed E-state index contributed by atoms with van der Waals surface area (Å²) in [6.45, 7) is 4.75. The van der Waals surface area contributed by atoms with E-state index in [9.17, 15) is 9.59 Å². The number of amidine groups is 2. The highest BCUT2D eigenvalue weighted by atomic mass is 32.2. The standard InChI is InChI=1S/C24H26N4O2S/c1-16(2)14-20-23(30)28-22(26-20)18-10-6-7-11-19(18)27-24(28)31-15-21(29)25-13-12-17-8-4-3-5-9-17/h3-11,16,20H,12-15H2,1-2H3,(H,25,29)/t20-/m1/s1. The molecular formula is C24H26N4O2S. The van der Waals surface area contributed by atoms with Gasteiger partial charge in [-0.3, -0.25) is 14.6 Å². The molecule has 2 amide bonds. The second-order valence-electron chi connectivity index (χ2n) is 8.06. The van der Waals surface area contributed by atoms with E-state index in [4.69, 9.17) is 4.99 Å². The first kappa shape index (κ1) is 21.3. The smallest absolute Gasteiger partial charge is 0.259 e. The Kier molecular flexibility index (Phi) is 6.51. The summed E-state index contributed by atoms with van der Waals surface area (Å²) in [4.78, 5) is 36.5. The molecule has 0 aliphatic carbocycles. The fourth-order valence-electron chi connectivity index (χ4n) is 3.67. The first-order valence-corrected chi connectivity index (χ1v) is 11.5. The van der Waals surface area contributed by atoms with Gasteiger partial charge in [0, 0.05) is 12.1 Å². The molecule has 0 aromatic heterocycles. The molecule has 7 heteroatoms. The van der Waals surface area contributed by atoms with Gasteiger partial charge in [0.05, 0.1) is 11.4 Å². The molecule has 0 saturated heterocycles. The van der Waals surface area contributed by atoms with E-state index < -0.39 is 6.04 Å². The number of carbonyl (C=O) groups is 2. The molecule has 2 aliphatic heterocycles. The SMILES string of the molecule is CC(C)C[C@H]1N=C2c3ccccc3N=C(SCC(=O)NCCc3ccccc3)N2C1=O. The Labute approximate surface area is 186 Å². The highest BCUT2D eigenvalue weighted by Gasteiger charge is 2.41. The van der Waals surface area contributed by atoms with E-state index >= 15 is 0 Å². The molecule has 0 spiro atoms. The summed E-state index contributed by atoms with van der Waals surface area (Å²) in [7, 11) is 0. The number of amides is 2. The molecule has 0 radical (unpaired) electrons. The van der Waals surface area contributed by atoms with Crippen molar-refractivity contribution < 1.29 is 9.59 Å². The van der Waals surface area contributed by atoms with Crippen LogP contribution in [0, 0.1) is 5.92 Å². The molecule has 4 rings (SSSR count). The Morgan fingerprint density at radius 3 is 2.65 bits per heavy atom. The zero-order valence-corrected chi connectivity index (χ0v) is 18.6. The van der Waals surface area contributed by atoms with Gasteiger partial charge in [0.2, 0.25) is 5.91 Å². The molecule has 2 aliphatic rings. The molecule has 6 nitrogen and oxygen atoms in total. The zero-order valence-electron chi connectivity index (χ0n) is 17.7. The van der Waals surface area contributed by atoms with Crippen molar-refractivity contribution in [3.63, 3.8) is 0 Å². The van der Waals surface area contributed by atoms with Crippen LogP contribution in [-0.4, -0.2) is 46.1 Å². The molecule has 0 fully saturated rings.